The number of hydrogen-bond donors (Lipinski definition) is 1. The van der Waals surface area contributed by atoms with Crippen molar-refractivity contribution >= 4 is 31.1 Å². The number of imidazole rings is 1. The van der Waals surface area contributed by atoms with Crippen molar-refractivity contribution < 1.29 is 14.3 Å². The van der Waals surface area contributed by atoms with Crippen LogP contribution < -0.4 is 0 Å². The van der Waals surface area contributed by atoms with Gasteiger partial charge in [-0.15, -0.1) is 0 Å². The monoisotopic (exact) mass is 384 g/mol. The molecule has 7 nitrogen and oxygen atoms in total. The summed E-state index contributed by atoms with van der Waals surface area (Å²) in [7, 11) is -1.89. The molecular weight excluding hydrogens is 360 g/mol. The van der Waals surface area contributed by atoms with Gasteiger partial charge in [0.15, 0.2) is 19.1 Å². The second-order valence-corrected chi connectivity index (χ2v) is 13.2. The van der Waals surface area contributed by atoms with E-state index in [9.17, 15) is 5.11 Å². The molecule has 1 saturated heterocycles. The first-order valence-corrected chi connectivity index (χ1v) is 11.7. The van der Waals surface area contributed by atoms with Crippen LogP contribution in [0, 0.1) is 0 Å². The van der Waals surface area contributed by atoms with Gasteiger partial charge in [0, 0.05) is 6.42 Å². The van der Waals surface area contributed by atoms with Crippen molar-refractivity contribution in [2.45, 2.75) is 63.8 Å². The van der Waals surface area contributed by atoms with E-state index in [0.29, 0.717) is 29.3 Å². The first-order valence-electron chi connectivity index (χ1n) is 8.40. The van der Waals surface area contributed by atoms with Crippen molar-refractivity contribution in [3.05, 3.63) is 17.8 Å². The minimum atomic E-state index is -1.89. The van der Waals surface area contributed by atoms with Gasteiger partial charge in [0.2, 0.25) is 0 Å². The Balaban J connectivity index is 1.72. The highest BCUT2D eigenvalue weighted by molar-refractivity contribution is 6.74. The third kappa shape index (κ3) is 3.59. The molecule has 25 heavy (non-hydrogen) atoms. The third-order valence-electron chi connectivity index (χ3n) is 5.24. The summed E-state index contributed by atoms with van der Waals surface area (Å²) in [6.07, 6.45) is 2.17. The fourth-order valence-corrected chi connectivity index (χ4v) is 3.77. The highest BCUT2D eigenvalue weighted by Crippen LogP contribution is 2.38. The summed E-state index contributed by atoms with van der Waals surface area (Å²) in [6, 6.07) is 0. The lowest BCUT2D eigenvalue weighted by Gasteiger charge is -2.37. The van der Waals surface area contributed by atoms with Crippen molar-refractivity contribution in [1.82, 2.24) is 19.5 Å². The second kappa shape index (κ2) is 6.59. The van der Waals surface area contributed by atoms with Crippen molar-refractivity contribution in [3.63, 3.8) is 0 Å². The van der Waals surface area contributed by atoms with Gasteiger partial charge in [-0.2, -0.15) is 0 Å². The van der Waals surface area contributed by atoms with Crippen LogP contribution in [0.25, 0.3) is 11.2 Å². The number of ether oxygens (including phenoxy) is 1. The number of aliphatic hydroxyl groups is 1. The molecule has 3 unspecified atom stereocenters. The number of nitrogens with zero attached hydrogens (tertiary/aromatic N) is 4. The quantitative estimate of drug-likeness (QED) is 0.644. The standard InChI is InChI=1S/C16H25ClN4O3Si/c1-16(2,3)25(4,5)23-7-11-10(22)6-12(24-11)21-9-20-13-14(17)18-8-19-15(13)21/h8-12,22H,6-7H2,1-5H3. The van der Waals surface area contributed by atoms with Crippen LogP contribution >= 0.6 is 11.6 Å². The predicted octanol–water partition coefficient (Wildman–Crippen LogP) is 3.15. The Morgan fingerprint density at radius 2 is 2.08 bits per heavy atom. The molecule has 3 rings (SSSR count). The van der Waals surface area contributed by atoms with Crippen LogP contribution in [0.1, 0.15) is 33.4 Å². The highest BCUT2D eigenvalue weighted by Gasteiger charge is 2.41. The van der Waals surface area contributed by atoms with E-state index in [0.717, 1.165) is 0 Å². The van der Waals surface area contributed by atoms with Crippen LogP contribution in [0.4, 0.5) is 0 Å². The van der Waals surface area contributed by atoms with E-state index < -0.39 is 14.4 Å². The molecule has 0 radical (unpaired) electrons. The van der Waals surface area contributed by atoms with Crippen molar-refractivity contribution in [1.29, 1.82) is 0 Å². The Bertz CT molecular complexity index is 761. The van der Waals surface area contributed by atoms with Gasteiger partial charge in [-0.1, -0.05) is 32.4 Å². The summed E-state index contributed by atoms with van der Waals surface area (Å²) in [6.45, 7) is 11.3. The molecule has 0 spiro atoms. The summed E-state index contributed by atoms with van der Waals surface area (Å²) in [5, 5.41) is 10.8. The fourth-order valence-electron chi connectivity index (χ4n) is 2.58. The van der Waals surface area contributed by atoms with Gasteiger partial charge in [0.25, 0.3) is 0 Å². The maximum atomic E-state index is 10.4. The number of aromatic nitrogens is 4. The minimum absolute atomic E-state index is 0.115. The molecule has 0 amide bonds. The van der Waals surface area contributed by atoms with E-state index in [1.807, 2.05) is 0 Å². The lowest BCUT2D eigenvalue weighted by atomic mass is 10.2. The van der Waals surface area contributed by atoms with Gasteiger partial charge in [0.05, 0.1) is 19.0 Å². The molecule has 1 aliphatic rings. The van der Waals surface area contributed by atoms with Crippen LogP contribution in [-0.4, -0.2) is 51.8 Å². The SMILES string of the molecule is CC(C)(C)[Si](C)(C)OCC1OC(n2cnc3c(Cl)ncnc32)CC1O. The molecule has 0 bridgehead atoms. The summed E-state index contributed by atoms with van der Waals surface area (Å²) in [4.78, 5) is 12.4. The minimum Gasteiger partial charge on any atom is -0.414 e. The predicted molar refractivity (Wildman–Crippen MR) is 98.0 cm³/mol. The van der Waals surface area contributed by atoms with E-state index in [2.05, 4.69) is 48.8 Å². The molecule has 3 heterocycles. The molecule has 0 saturated carbocycles. The van der Waals surface area contributed by atoms with Gasteiger partial charge in [0.1, 0.15) is 24.2 Å². The van der Waals surface area contributed by atoms with Crippen LogP contribution in [0.5, 0.6) is 0 Å². The molecule has 0 aliphatic carbocycles. The molecule has 3 atom stereocenters. The maximum Gasteiger partial charge on any atom is 0.192 e. The third-order valence-corrected chi connectivity index (χ3v) is 10.0. The van der Waals surface area contributed by atoms with E-state index in [4.69, 9.17) is 20.8 Å². The highest BCUT2D eigenvalue weighted by atomic mass is 35.5. The molecule has 1 N–H and O–H groups in total. The van der Waals surface area contributed by atoms with E-state index in [1.54, 1.807) is 10.9 Å². The smallest absolute Gasteiger partial charge is 0.192 e. The zero-order valence-corrected chi connectivity index (χ0v) is 17.0. The first kappa shape index (κ1) is 18.7. The number of hydrogen-bond acceptors (Lipinski definition) is 6. The number of rotatable bonds is 4. The molecule has 9 heteroatoms. The number of halogens is 1. The summed E-state index contributed by atoms with van der Waals surface area (Å²) >= 11 is 6.04. The lowest BCUT2D eigenvalue weighted by molar-refractivity contribution is -0.0405. The normalized spacial score (nSPS) is 25.0. The topological polar surface area (TPSA) is 82.3 Å². The van der Waals surface area contributed by atoms with Gasteiger partial charge in [-0.3, -0.25) is 4.57 Å². The Kier molecular flexibility index (Phi) is 4.93. The van der Waals surface area contributed by atoms with Crippen LogP contribution in [-0.2, 0) is 9.16 Å². The van der Waals surface area contributed by atoms with Crippen molar-refractivity contribution in [3.8, 4) is 0 Å². The fraction of sp³-hybridized carbons (Fsp3) is 0.688. The van der Waals surface area contributed by atoms with Gasteiger partial charge >= 0.3 is 0 Å². The zero-order valence-electron chi connectivity index (χ0n) is 15.2. The number of fused-ring (bicyclic) bond motifs is 1. The van der Waals surface area contributed by atoms with Crippen LogP contribution in [0.15, 0.2) is 12.7 Å². The molecule has 2 aromatic heterocycles. The summed E-state index contributed by atoms with van der Waals surface area (Å²) in [5.74, 6) is 0. The Morgan fingerprint density at radius 3 is 2.76 bits per heavy atom. The molecule has 1 fully saturated rings. The molecule has 138 valence electrons. The van der Waals surface area contributed by atoms with E-state index >= 15 is 0 Å². The van der Waals surface area contributed by atoms with Gasteiger partial charge in [-0.25, -0.2) is 15.0 Å². The molecule has 2 aromatic rings. The van der Waals surface area contributed by atoms with E-state index in [1.165, 1.54) is 6.33 Å². The average molecular weight is 385 g/mol. The van der Waals surface area contributed by atoms with Crippen LogP contribution in [0.2, 0.25) is 23.3 Å². The van der Waals surface area contributed by atoms with Gasteiger partial charge < -0.3 is 14.3 Å². The lowest BCUT2D eigenvalue weighted by Crippen LogP contribution is -2.43. The summed E-state index contributed by atoms with van der Waals surface area (Å²) < 4.78 is 14.0. The number of aliphatic hydroxyl groups excluding tert-OH is 1. The van der Waals surface area contributed by atoms with Crippen molar-refractivity contribution in [2.75, 3.05) is 6.61 Å². The second-order valence-electron chi connectivity index (χ2n) is 7.99. The Hall–Kier alpha value is -1.06. The molecular formula is C16H25ClN4O3Si. The first-order chi connectivity index (χ1) is 11.6. The Morgan fingerprint density at radius 1 is 1.36 bits per heavy atom. The molecule has 0 aromatic carbocycles. The maximum absolute atomic E-state index is 10.4. The van der Waals surface area contributed by atoms with Crippen LogP contribution in [0.3, 0.4) is 0 Å². The van der Waals surface area contributed by atoms with Gasteiger partial charge in [-0.05, 0) is 18.1 Å². The van der Waals surface area contributed by atoms with Crippen molar-refractivity contribution in [2.24, 2.45) is 0 Å². The summed E-state index contributed by atoms with van der Waals surface area (Å²) in [5.41, 5.74) is 1.13. The average Bonchev–Trinajstić information content (AvgIpc) is 3.08. The largest absolute Gasteiger partial charge is 0.414 e. The van der Waals surface area contributed by atoms with E-state index in [-0.39, 0.29) is 17.4 Å². The zero-order chi connectivity index (χ0) is 18.4. The molecule has 1 aliphatic heterocycles. The Labute approximate surface area is 153 Å².